The van der Waals surface area contributed by atoms with Crippen molar-refractivity contribution >= 4 is 10.8 Å². The molecule has 0 aliphatic carbocycles. The van der Waals surface area contributed by atoms with Crippen LogP contribution in [0.5, 0.6) is 0 Å². The normalized spacial score (nSPS) is 13.0. The van der Waals surface area contributed by atoms with Crippen molar-refractivity contribution in [3.8, 4) is 0 Å². The lowest BCUT2D eigenvalue weighted by Gasteiger charge is -2.19. The van der Waals surface area contributed by atoms with Gasteiger partial charge < -0.3 is 14.7 Å². The minimum Gasteiger partial charge on any atom is -0.386 e. The smallest absolute Gasteiger partial charge is 0.103 e. The van der Waals surface area contributed by atoms with E-state index in [4.69, 9.17) is 4.74 Å². The fourth-order valence-electron chi connectivity index (χ4n) is 2.56. The summed E-state index contributed by atoms with van der Waals surface area (Å²) in [5.74, 6) is 0. The maximum Gasteiger partial charge on any atom is 0.103 e. The van der Waals surface area contributed by atoms with Crippen LogP contribution < -0.4 is 0 Å². The molecule has 2 aromatic carbocycles. The molecule has 0 heterocycles. The molecule has 21 heavy (non-hydrogen) atoms. The molecule has 0 saturated heterocycles. The van der Waals surface area contributed by atoms with Crippen LogP contribution in [0.25, 0.3) is 10.8 Å². The van der Waals surface area contributed by atoms with Crippen molar-refractivity contribution in [3.05, 3.63) is 48.0 Å². The minimum atomic E-state index is -0.576. The number of ether oxygens (including phenoxy) is 1. The summed E-state index contributed by atoms with van der Waals surface area (Å²) in [4.78, 5) is 2.31. The molecule has 1 atom stereocenters. The Morgan fingerprint density at radius 3 is 2.52 bits per heavy atom. The number of aliphatic hydroxyl groups excluding tert-OH is 1. The van der Waals surface area contributed by atoms with Crippen LogP contribution >= 0.6 is 0 Å². The summed E-state index contributed by atoms with van der Waals surface area (Å²) >= 11 is 0. The number of rotatable bonds is 8. The summed E-state index contributed by atoms with van der Waals surface area (Å²) in [5, 5.41) is 12.6. The van der Waals surface area contributed by atoms with Crippen molar-refractivity contribution in [3.63, 3.8) is 0 Å². The van der Waals surface area contributed by atoms with E-state index in [1.165, 1.54) is 0 Å². The molecule has 0 fully saturated rings. The van der Waals surface area contributed by atoms with Gasteiger partial charge in [-0.2, -0.15) is 0 Å². The highest BCUT2D eigenvalue weighted by Gasteiger charge is 2.11. The predicted molar refractivity (Wildman–Crippen MR) is 87.5 cm³/mol. The first-order chi connectivity index (χ1) is 10.3. The van der Waals surface area contributed by atoms with Gasteiger partial charge >= 0.3 is 0 Å². The SMILES string of the molecule is CCN(CC)CCOCC(O)c1cccc2ccccc12. The Balaban J connectivity index is 1.92. The van der Waals surface area contributed by atoms with Gasteiger partial charge in [-0.05, 0) is 29.4 Å². The molecule has 2 rings (SSSR count). The lowest BCUT2D eigenvalue weighted by Crippen LogP contribution is -2.27. The molecule has 2 aromatic rings. The van der Waals surface area contributed by atoms with Gasteiger partial charge in [0, 0.05) is 6.54 Å². The Labute approximate surface area is 127 Å². The Kier molecular flexibility index (Phi) is 6.18. The van der Waals surface area contributed by atoms with E-state index < -0.39 is 6.10 Å². The second-order valence-corrected chi connectivity index (χ2v) is 5.19. The molecule has 114 valence electrons. The standard InChI is InChI=1S/C18H25NO2/c1-3-19(4-2)12-13-21-14-18(20)17-11-7-9-15-8-5-6-10-16(15)17/h5-11,18,20H,3-4,12-14H2,1-2H3. The number of aliphatic hydroxyl groups is 1. The predicted octanol–water partition coefficient (Wildman–Crippen LogP) is 3.23. The number of fused-ring (bicyclic) bond motifs is 1. The van der Waals surface area contributed by atoms with Gasteiger partial charge in [0.25, 0.3) is 0 Å². The molecule has 0 bridgehead atoms. The Morgan fingerprint density at radius 1 is 1.05 bits per heavy atom. The van der Waals surface area contributed by atoms with Crippen molar-refractivity contribution < 1.29 is 9.84 Å². The molecule has 0 aliphatic heterocycles. The second kappa shape index (κ2) is 8.13. The van der Waals surface area contributed by atoms with Crippen LogP contribution in [0, 0.1) is 0 Å². The summed E-state index contributed by atoms with van der Waals surface area (Å²) in [7, 11) is 0. The Bertz CT molecular complexity index is 546. The zero-order valence-corrected chi connectivity index (χ0v) is 13.0. The average molecular weight is 287 g/mol. The van der Waals surface area contributed by atoms with Gasteiger partial charge in [0.1, 0.15) is 6.10 Å². The van der Waals surface area contributed by atoms with Gasteiger partial charge in [-0.3, -0.25) is 0 Å². The second-order valence-electron chi connectivity index (χ2n) is 5.19. The van der Waals surface area contributed by atoms with Crippen LogP contribution in [0.1, 0.15) is 25.5 Å². The molecule has 1 N–H and O–H groups in total. The molecular formula is C18H25NO2. The van der Waals surface area contributed by atoms with Crippen LogP contribution in [-0.4, -0.2) is 42.9 Å². The first-order valence-electron chi connectivity index (χ1n) is 7.72. The number of hydrogen-bond donors (Lipinski definition) is 1. The average Bonchev–Trinajstić information content (AvgIpc) is 2.54. The highest BCUT2D eigenvalue weighted by Crippen LogP contribution is 2.24. The molecule has 0 saturated carbocycles. The highest BCUT2D eigenvalue weighted by molar-refractivity contribution is 5.85. The third-order valence-corrected chi connectivity index (χ3v) is 3.90. The maximum absolute atomic E-state index is 10.4. The lowest BCUT2D eigenvalue weighted by molar-refractivity contribution is 0.0280. The van der Waals surface area contributed by atoms with Crippen LogP contribution in [0.4, 0.5) is 0 Å². The van der Waals surface area contributed by atoms with E-state index in [1.807, 2.05) is 30.3 Å². The van der Waals surface area contributed by atoms with E-state index in [0.717, 1.165) is 36.0 Å². The quantitative estimate of drug-likeness (QED) is 0.757. The summed E-state index contributed by atoms with van der Waals surface area (Å²) in [6, 6.07) is 14.1. The Morgan fingerprint density at radius 2 is 1.76 bits per heavy atom. The monoisotopic (exact) mass is 287 g/mol. The van der Waals surface area contributed by atoms with Crippen LogP contribution in [-0.2, 0) is 4.74 Å². The van der Waals surface area contributed by atoms with Crippen LogP contribution in [0.3, 0.4) is 0 Å². The summed E-state index contributed by atoms with van der Waals surface area (Å²) < 4.78 is 5.64. The van der Waals surface area contributed by atoms with E-state index >= 15 is 0 Å². The minimum absolute atomic E-state index is 0.343. The lowest BCUT2D eigenvalue weighted by atomic mass is 10.0. The molecule has 0 amide bonds. The van der Waals surface area contributed by atoms with Gasteiger partial charge in [0.05, 0.1) is 13.2 Å². The van der Waals surface area contributed by atoms with Crippen molar-refractivity contribution in [2.75, 3.05) is 32.8 Å². The van der Waals surface area contributed by atoms with E-state index in [2.05, 4.69) is 30.9 Å². The van der Waals surface area contributed by atoms with Crippen molar-refractivity contribution in [1.29, 1.82) is 0 Å². The zero-order chi connectivity index (χ0) is 15.1. The van der Waals surface area contributed by atoms with E-state index in [0.29, 0.717) is 13.2 Å². The first-order valence-corrected chi connectivity index (χ1v) is 7.72. The fraction of sp³-hybridized carbons (Fsp3) is 0.444. The molecular weight excluding hydrogens is 262 g/mol. The van der Waals surface area contributed by atoms with Gasteiger partial charge in [-0.1, -0.05) is 56.3 Å². The largest absolute Gasteiger partial charge is 0.386 e. The molecule has 3 heteroatoms. The third kappa shape index (κ3) is 4.27. The summed E-state index contributed by atoms with van der Waals surface area (Å²) in [6.07, 6.45) is -0.576. The molecule has 0 aliphatic rings. The molecule has 3 nitrogen and oxygen atoms in total. The van der Waals surface area contributed by atoms with E-state index in [9.17, 15) is 5.11 Å². The van der Waals surface area contributed by atoms with Gasteiger partial charge in [0.15, 0.2) is 0 Å². The zero-order valence-electron chi connectivity index (χ0n) is 13.0. The number of likely N-dealkylation sites (N-methyl/N-ethyl adjacent to an activating group) is 1. The summed E-state index contributed by atoms with van der Waals surface area (Å²) in [6.45, 7) is 8.27. The maximum atomic E-state index is 10.4. The van der Waals surface area contributed by atoms with Crippen molar-refractivity contribution in [2.24, 2.45) is 0 Å². The third-order valence-electron chi connectivity index (χ3n) is 3.90. The van der Waals surface area contributed by atoms with Crippen LogP contribution in [0.15, 0.2) is 42.5 Å². The van der Waals surface area contributed by atoms with Crippen LogP contribution in [0.2, 0.25) is 0 Å². The van der Waals surface area contributed by atoms with Crippen molar-refractivity contribution in [2.45, 2.75) is 20.0 Å². The summed E-state index contributed by atoms with van der Waals surface area (Å²) in [5.41, 5.74) is 0.941. The highest BCUT2D eigenvalue weighted by atomic mass is 16.5. The molecule has 1 unspecified atom stereocenters. The van der Waals surface area contributed by atoms with Gasteiger partial charge in [-0.25, -0.2) is 0 Å². The molecule has 0 radical (unpaired) electrons. The van der Waals surface area contributed by atoms with E-state index in [-0.39, 0.29) is 0 Å². The molecule has 0 spiro atoms. The first kappa shape index (κ1) is 16.0. The molecule has 0 aromatic heterocycles. The fourth-order valence-corrected chi connectivity index (χ4v) is 2.56. The van der Waals surface area contributed by atoms with Crippen molar-refractivity contribution in [1.82, 2.24) is 4.90 Å². The van der Waals surface area contributed by atoms with Gasteiger partial charge in [0.2, 0.25) is 0 Å². The number of nitrogens with zero attached hydrogens (tertiary/aromatic N) is 1. The topological polar surface area (TPSA) is 32.7 Å². The Hall–Kier alpha value is -1.42. The number of hydrogen-bond acceptors (Lipinski definition) is 3. The van der Waals surface area contributed by atoms with Gasteiger partial charge in [-0.15, -0.1) is 0 Å². The van der Waals surface area contributed by atoms with E-state index in [1.54, 1.807) is 0 Å². The number of benzene rings is 2.